The van der Waals surface area contributed by atoms with Gasteiger partial charge in [0.2, 0.25) is 0 Å². The SMILES string of the molecule is CC1CCCC(CCNCC=Cc2ccccc2)C1. The van der Waals surface area contributed by atoms with Crippen LogP contribution in [0.2, 0.25) is 0 Å². The van der Waals surface area contributed by atoms with Crippen molar-refractivity contribution in [2.75, 3.05) is 13.1 Å². The van der Waals surface area contributed by atoms with Gasteiger partial charge in [-0.15, -0.1) is 0 Å². The van der Waals surface area contributed by atoms with Crippen molar-refractivity contribution < 1.29 is 0 Å². The Morgan fingerprint density at radius 2 is 2.05 bits per heavy atom. The minimum atomic E-state index is 0.955. The predicted molar refractivity (Wildman–Crippen MR) is 84.1 cm³/mol. The molecule has 1 aromatic carbocycles. The van der Waals surface area contributed by atoms with Crippen LogP contribution in [-0.2, 0) is 0 Å². The van der Waals surface area contributed by atoms with Crippen molar-refractivity contribution in [2.24, 2.45) is 11.8 Å². The Hall–Kier alpha value is -1.08. The molecule has 2 atom stereocenters. The van der Waals surface area contributed by atoms with E-state index in [1.165, 1.54) is 37.7 Å². The fourth-order valence-electron chi connectivity index (χ4n) is 3.07. The van der Waals surface area contributed by atoms with Gasteiger partial charge in [0, 0.05) is 6.54 Å². The summed E-state index contributed by atoms with van der Waals surface area (Å²) >= 11 is 0. The Kier molecular flexibility index (Phi) is 6.16. The Morgan fingerprint density at radius 3 is 2.84 bits per heavy atom. The monoisotopic (exact) mass is 257 g/mol. The van der Waals surface area contributed by atoms with Gasteiger partial charge in [-0.25, -0.2) is 0 Å². The molecule has 19 heavy (non-hydrogen) atoms. The van der Waals surface area contributed by atoms with Crippen molar-refractivity contribution >= 4 is 6.08 Å². The van der Waals surface area contributed by atoms with Crippen molar-refractivity contribution in [3.05, 3.63) is 42.0 Å². The lowest BCUT2D eigenvalue weighted by molar-refractivity contribution is 0.268. The second kappa shape index (κ2) is 8.16. The smallest absolute Gasteiger partial charge is 0.0138 e. The van der Waals surface area contributed by atoms with Crippen LogP contribution in [-0.4, -0.2) is 13.1 Å². The molecule has 1 N–H and O–H groups in total. The number of rotatable bonds is 6. The van der Waals surface area contributed by atoms with E-state index >= 15 is 0 Å². The average Bonchev–Trinajstić information content (AvgIpc) is 2.44. The molecule has 0 spiro atoms. The first-order valence-corrected chi connectivity index (χ1v) is 7.77. The van der Waals surface area contributed by atoms with E-state index in [-0.39, 0.29) is 0 Å². The third-order valence-electron chi connectivity index (χ3n) is 4.15. The van der Waals surface area contributed by atoms with E-state index < -0.39 is 0 Å². The Bertz CT molecular complexity index is 369. The molecule has 0 heterocycles. The van der Waals surface area contributed by atoms with Crippen LogP contribution < -0.4 is 5.32 Å². The maximum Gasteiger partial charge on any atom is 0.0138 e. The van der Waals surface area contributed by atoms with E-state index in [4.69, 9.17) is 0 Å². The molecule has 0 aliphatic heterocycles. The van der Waals surface area contributed by atoms with Crippen molar-refractivity contribution in [1.82, 2.24) is 5.32 Å². The Labute approximate surface area is 118 Å². The highest BCUT2D eigenvalue weighted by atomic mass is 14.8. The minimum absolute atomic E-state index is 0.955. The highest BCUT2D eigenvalue weighted by Crippen LogP contribution is 2.30. The molecule has 1 nitrogen and oxygen atoms in total. The maximum atomic E-state index is 3.53. The molecule has 1 aromatic rings. The van der Waals surface area contributed by atoms with Gasteiger partial charge in [-0.05, 0) is 36.8 Å². The van der Waals surface area contributed by atoms with Crippen molar-refractivity contribution in [2.45, 2.75) is 39.0 Å². The predicted octanol–water partition coefficient (Wildman–Crippen LogP) is 4.51. The molecule has 0 aromatic heterocycles. The van der Waals surface area contributed by atoms with E-state index in [2.05, 4.69) is 54.7 Å². The molecule has 104 valence electrons. The molecule has 1 fully saturated rings. The molecule has 2 rings (SSSR count). The summed E-state index contributed by atoms with van der Waals surface area (Å²) in [4.78, 5) is 0. The fraction of sp³-hybridized carbons (Fsp3) is 0.556. The molecule has 1 heteroatoms. The molecule has 1 aliphatic rings. The summed E-state index contributed by atoms with van der Waals surface area (Å²) in [7, 11) is 0. The van der Waals surface area contributed by atoms with Crippen molar-refractivity contribution in [1.29, 1.82) is 0 Å². The van der Waals surface area contributed by atoms with Gasteiger partial charge in [-0.2, -0.15) is 0 Å². The number of hydrogen-bond acceptors (Lipinski definition) is 1. The topological polar surface area (TPSA) is 12.0 Å². The third-order valence-corrected chi connectivity index (χ3v) is 4.15. The van der Waals surface area contributed by atoms with Crippen LogP contribution in [0.5, 0.6) is 0 Å². The van der Waals surface area contributed by atoms with E-state index in [1.807, 2.05) is 0 Å². The first kappa shape index (κ1) is 14.3. The van der Waals surface area contributed by atoms with Crippen LogP contribution in [0.3, 0.4) is 0 Å². The zero-order chi connectivity index (χ0) is 13.3. The van der Waals surface area contributed by atoms with E-state index in [0.29, 0.717) is 0 Å². The van der Waals surface area contributed by atoms with Crippen LogP contribution in [0, 0.1) is 11.8 Å². The summed E-state index contributed by atoms with van der Waals surface area (Å²) < 4.78 is 0. The Balaban J connectivity index is 1.56. The lowest BCUT2D eigenvalue weighted by Crippen LogP contribution is -2.21. The normalized spacial score (nSPS) is 23.8. The molecule has 2 unspecified atom stereocenters. The molecule has 0 radical (unpaired) electrons. The summed E-state index contributed by atoms with van der Waals surface area (Å²) in [5, 5.41) is 3.53. The van der Waals surface area contributed by atoms with Gasteiger partial charge in [-0.1, -0.05) is 68.7 Å². The number of benzene rings is 1. The average molecular weight is 257 g/mol. The molecule has 0 saturated heterocycles. The van der Waals surface area contributed by atoms with Gasteiger partial charge in [0.25, 0.3) is 0 Å². The second-order valence-electron chi connectivity index (χ2n) is 5.94. The molecule has 1 aliphatic carbocycles. The van der Waals surface area contributed by atoms with Crippen LogP contribution in [0.25, 0.3) is 6.08 Å². The zero-order valence-electron chi connectivity index (χ0n) is 12.1. The minimum Gasteiger partial charge on any atom is -0.313 e. The first-order valence-electron chi connectivity index (χ1n) is 7.77. The molecule has 0 bridgehead atoms. The Morgan fingerprint density at radius 1 is 1.21 bits per heavy atom. The van der Waals surface area contributed by atoms with Gasteiger partial charge in [0.15, 0.2) is 0 Å². The summed E-state index contributed by atoms with van der Waals surface area (Å²) in [5.74, 6) is 1.92. The quantitative estimate of drug-likeness (QED) is 0.740. The lowest BCUT2D eigenvalue weighted by Gasteiger charge is -2.26. The van der Waals surface area contributed by atoms with Gasteiger partial charge < -0.3 is 5.32 Å². The zero-order valence-corrected chi connectivity index (χ0v) is 12.1. The molecular weight excluding hydrogens is 230 g/mol. The van der Waals surface area contributed by atoms with Gasteiger partial charge in [0.1, 0.15) is 0 Å². The summed E-state index contributed by atoms with van der Waals surface area (Å²) in [5.41, 5.74) is 1.28. The summed E-state index contributed by atoms with van der Waals surface area (Å²) in [6, 6.07) is 10.5. The molecule has 1 saturated carbocycles. The van der Waals surface area contributed by atoms with Crippen LogP contribution in [0.15, 0.2) is 36.4 Å². The highest BCUT2D eigenvalue weighted by Gasteiger charge is 2.17. The molecular formula is C18H27N. The van der Waals surface area contributed by atoms with E-state index in [1.54, 1.807) is 0 Å². The van der Waals surface area contributed by atoms with Gasteiger partial charge >= 0.3 is 0 Å². The third kappa shape index (κ3) is 5.61. The largest absolute Gasteiger partial charge is 0.313 e. The van der Waals surface area contributed by atoms with E-state index in [9.17, 15) is 0 Å². The first-order chi connectivity index (χ1) is 9.34. The second-order valence-corrected chi connectivity index (χ2v) is 5.94. The summed E-state index contributed by atoms with van der Waals surface area (Å²) in [6.45, 7) is 4.55. The van der Waals surface area contributed by atoms with Gasteiger partial charge in [0.05, 0.1) is 0 Å². The van der Waals surface area contributed by atoms with Crippen LogP contribution >= 0.6 is 0 Å². The summed E-state index contributed by atoms with van der Waals surface area (Å²) in [6.07, 6.45) is 11.6. The van der Waals surface area contributed by atoms with Gasteiger partial charge in [-0.3, -0.25) is 0 Å². The number of nitrogens with one attached hydrogen (secondary N) is 1. The maximum absolute atomic E-state index is 3.53. The molecule has 0 amide bonds. The number of hydrogen-bond donors (Lipinski definition) is 1. The van der Waals surface area contributed by atoms with Crippen LogP contribution in [0.4, 0.5) is 0 Å². The fourth-order valence-corrected chi connectivity index (χ4v) is 3.07. The van der Waals surface area contributed by atoms with Crippen LogP contribution in [0.1, 0.15) is 44.6 Å². The lowest BCUT2D eigenvalue weighted by atomic mass is 9.81. The van der Waals surface area contributed by atoms with Crippen molar-refractivity contribution in [3.8, 4) is 0 Å². The van der Waals surface area contributed by atoms with Crippen molar-refractivity contribution in [3.63, 3.8) is 0 Å². The standard InChI is InChI=1S/C18H27N/c1-16-7-5-10-18(15-16)12-14-19-13-6-11-17-8-3-2-4-9-17/h2-4,6,8-9,11,16,18-19H,5,7,10,12-15H2,1H3. The van der Waals surface area contributed by atoms with E-state index in [0.717, 1.165) is 24.9 Å². The highest BCUT2D eigenvalue weighted by molar-refractivity contribution is 5.48.